The van der Waals surface area contributed by atoms with Crippen LogP contribution in [0.3, 0.4) is 0 Å². The molecule has 0 fully saturated rings. The second-order valence-electron chi connectivity index (χ2n) is 5.36. The highest BCUT2D eigenvalue weighted by Gasteiger charge is 2.31. The Morgan fingerprint density at radius 1 is 1.38 bits per heavy atom. The van der Waals surface area contributed by atoms with Crippen LogP contribution in [-0.4, -0.2) is 25.7 Å². The molecule has 0 radical (unpaired) electrons. The second-order valence-corrected chi connectivity index (χ2v) is 6.47. The normalized spacial score (nSPS) is 17.9. The molecule has 0 spiro atoms. The van der Waals surface area contributed by atoms with Gasteiger partial charge in [-0.1, -0.05) is 25.4 Å². The highest BCUT2D eigenvalue weighted by Crippen LogP contribution is 2.38. The SMILES string of the molecule is CC(C)c1nnc2n1CCN(c1snc(Cl)c1C#N)C2C. The van der Waals surface area contributed by atoms with Gasteiger partial charge in [0.15, 0.2) is 11.0 Å². The molecule has 0 bridgehead atoms. The Kier molecular flexibility index (Phi) is 3.59. The molecule has 0 saturated heterocycles. The molecule has 1 atom stereocenters. The lowest BCUT2D eigenvalue weighted by molar-refractivity contribution is 0.482. The Morgan fingerprint density at radius 2 is 2.14 bits per heavy atom. The predicted octanol–water partition coefficient (Wildman–Crippen LogP) is 2.96. The Labute approximate surface area is 132 Å². The lowest BCUT2D eigenvalue weighted by Gasteiger charge is -2.34. The first-order chi connectivity index (χ1) is 10.0. The van der Waals surface area contributed by atoms with Crippen molar-refractivity contribution in [2.75, 3.05) is 11.4 Å². The van der Waals surface area contributed by atoms with Crippen LogP contribution in [0.15, 0.2) is 0 Å². The standard InChI is InChI=1S/C13H15ClN6S/c1-7(2)11-16-17-12-8(3)19(4-5-20(11)12)13-9(6-15)10(14)18-21-13/h7-8H,4-5H2,1-3H3. The van der Waals surface area contributed by atoms with Crippen LogP contribution >= 0.6 is 23.1 Å². The Hall–Kier alpha value is -1.65. The summed E-state index contributed by atoms with van der Waals surface area (Å²) in [7, 11) is 0. The van der Waals surface area contributed by atoms with E-state index in [1.54, 1.807) is 0 Å². The van der Waals surface area contributed by atoms with Crippen molar-refractivity contribution in [3.05, 3.63) is 22.4 Å². The van der Waals surface area contributed by atoms with E-state index in [1.165, 1.54) is 11.5 Å². The number of nitriles is 1. The Balaban J connectivity index is 2.00. The van der Waals surface area contributed by atoms with Gasteiger partial charge in [-0.3, -0.25) is 0 Å². The summed E-state index contributed by atoms with van der Waals surface area (Å²) in [6.45, 7) is 7.90. The monoisotopic (exact) mass is 322 g/mol. The molecule has 2 aromatic heterocycles. The Bertz CT molecular complexity index is 713. The van der Waals surface area contributed by atoms with Crippen molar-refractivity contribution >= 4 is 28.1 Å². The molecule has 2 aromatic rings. The van der Waals surface area contributed by atoms with E-state index in [9.17, 15) is 5.26 Å². The smallest absolute Gasteiger partial charge is 0.162 e. The van der Waals surface area contributed by atoms with Crippen LogP contribution in [0.5, 0.6) is 0 Å². The van der Waals surface area contributed by atoms with E-state index in [-0.39, 0.29) is 11.2 Å². The minimum atomic E-state index is 0.0439. The summed E-state index contributed by atoms with van der Waals surface area (Å²) in [6, 6.07) is 2.18. The molecule has 0 saturated carbocycles. The van der Waals surface area contributed by atoms with E-state index in [2.05, 4.69) is 50.9 Å². The van der Waals surface area contributed by atoms with Gasteiger partial charge >= 0.3 is 0 Å². The largest absolute Gasteiger partial charge is 0.349 e. The van der Waals surface area contributed by atoms with Crippen molar-refractivity contribution in [1.82, 2.24) is 19.1 Å². The number of rotatable bonds is 2. The third-order valence-electron chi connectivity index (χ3n) is 3.74. The van der Waals surface area contributed by atoms with E-state index < -0.39 is 0 Å². The van der Waals surface area contributed by atoms with Crippen molar-refractivity contribution in [3.8, 4) is 6.07 Å². The van der Waals surface area contributed by atoms with Crippen LogP contribution < -0.4 is 4.90 Å². The number of hydrogen-bond donors (Lipinski definition) is 0. The van der Waals surface area contributed by atoms with Gasteiger partial charge in [-0.15, -0.1) is 10.2 Å². The van der Waals surface area contributed by atoms with Crippen molar-refractivity contribution in [2.24, 2.45) is 0 Å². The van der Waals surface area contributed by atoms with Gasteiger partial charge < -0.3 is 9.47 Å². The zero-order chi connectivity index (χ0) is 15.1. The van der Waals surface area contributed by atoms with Crippen LogP contribution in [-0.2, 0) is 6.54 Å². The zero-order valence-corrected chi connectivity index (χ0v) is 13.6. The topological polar surface area (TPSA) is 70.6 Å². The van der Waals surface area contributed by atoms with E-state index >= 15 is 0 Å². The van der Waals surface area contributed by atoms with Gasteiger partial charge in [-0.2, -0.15) is 9.64 Å². The summed E-state index contributed by atoms with van der Waals surface area (Å²) in [4.78, 5) is 2.14. The van der Waals surface area contributed by atoms with E-state index in [4.69, 9.17) is 11.6 Å². The molecule has 110 valence electrons. The number of aromatic nitrogens is 4. The maximum Gasteiger partial charge on any atom is 0.162 e. The average molecular weight is 323 g/mol. The summed E-state index contributed by atoms with van der Waals surface area (Å²) in [5, 5.41) is 19.0. The fraction of sp³-hybridized carbons (Fsp3) is 0.538. The molecule has 1 aliphatic rings. The van der Waals surface area contributed by atoms with E-state index in [1.807, 2.05) is 0 Å². The minimum Gasteiger partial charge on any atom is -0.349 e. The fourth-order valence-corrected chi connectivity index (χ4v) is 3.80. The molecule has 8 heteroatoms. The van der Waals surface area contributed by atoms with E-state index in [0.717, 1.165) is 29.7 Å². The van der Waals surface area contributed by atoms with Gasteiger partial charge in [0, 0.05) is 19.0 Å². The summed E-state index contributed by atoms with van der Waals surface area (Å²) in [5.41, 5.74) is 0.450. The highest BCUT2D eigenvalue weighted by molar-refractivity contribution is 7.10. The molecule has 1 aliphatic heterocycles. The number of fused-ring (bicyclic) bond motifs is 1. The molecule has 0 aromatic carbocycles. The van der Waals surface area contributed by atoms with Crippen LogP contribution in [0.1, 0.15) is 49.9 Å². The number of nitrogens with zero attached hydrogens (tertiary/aromatic N) is 6. The summed E-state index contributed by atoms with van der Waals surface area (Å²) in [5.74, 6) is 2.29. The zero-order valence-electron chi connectivity index (χ0n) is 12.0. The molecule has 1 unspecified atom stereocenters. The first-order valence-electron chi connectivity index (χ1n) is 6.79. The lowest BCUT2D eigenvalue weighted by atomic mass is 10.1. The summed E-state index contributed by atoms with van der Waals surface area (Å²) < 4.78 is 6.27. The van der Waals surface area contributed by atoms with Crippen LogP contribution in [0.2, 0.25) is 5.15 Å². The van der Waals surface area contributed by atoms with Crippen LogP contribution in [0, 0.1) is 11.3 Å². The maximum absolute atomic E-state index is 9.25. The second kappa shape index (κ2) is 5.28. The van der Waals surface area contributed by atoms with Crippen molar-refractivity contribution in [1.29, 1.82) is 5.26 Å². The molecule has 3 rings (SSSR count). The molecule has 0 aliphatic carbocycles. The van der Waals surface area contributed by atoms with Crippen LogP contribution in [0.25, 0.3) is 0 Å². The lowest BCUT2D eigenvalue weighted by Crippen LogP contribution is -2.37. The van der Waals surface area contributed by atoms with Crippen LogP contribution in [0.4, 0.5) is 5.00 Å². The molecular formula is C13H15ClN6S. The molecule has 0 N–H and O–H groups in total. The molecular weight excluding hydrogens is 308 g/mol. The quantitative estimate of drug-likeness (QED) is 0.850. The van der Waals surface area contributed by atoms with Gasteiger partial charge in [-0.05, 0) is 18.5 Å². The predicted molar refractivity (Wildman–Crippen MR) is 81.7 cm³/mol. The van der Waals surface area contributed by atoms with Crippen molar-refractivity contribution in [3.63, 3.8) is 0 Å². The van der Waals surface area contributed by atoms with Gasteiger partial charge in [-0.25, -0.2) is 0 Å². The fourth-order valence-electron chi connectivity index (χ4n) is 2.66. The Morgan fingerprint density at radius 3 is 2.81 bits per heavy atom. The maximum atomic E-state index is 9.25. The third kappa shape index (κ3) is 2.19. The molecule has 3 heterocycles. The third-order valence-corrected chi connectivity index (χ3v) is 4.99. The summed E-state index contributed by atoms with van der Waals surface area (Å²) in [6.07, 6.45) is 0. The minimum absolute atomic E-state index is 0.0439. The van der Waals surface area contributed by atoms with Gasteiger partial charge in [0.25, 0.3) is 0 Å². The van der Waals surface area contributed by atoms with Gasteiger partial charge in [0.1, 0.15) is 22.5 Å². The average Bonchev–Trinajstić information content (AvgIpc) is 3.03. The van der Waals surface area contributed by atoms with Crippen molar-refractivity contribution < 1.29 is 0 Å². The van der Waals surface area contributed by atoms with Crippen molar-refractivity contribution in [2.45, 2.75) is 39.3 Å². The first kappa shape index (κ1) is 14.3. The molecule has 0 amide bonds. The number of hydrogen-bond acceptors (Lipinski definition) is 6. The molecule has 6 nitrogen and oxygen atoms in total. The number of halogens is 1. The first-order valence-corrected chi connectivity index (χ1v) is 7.94. The molecule has 21 heavy (non-hydrogen) atoms. The van der Waals surface area contributed by atoms with E-state index in [0.29, 0.717) is 11.5 Å². The number of anilines is 1. The van der Waals surface area contributed by atoms with Gasteiger partial charge in [0.2, 0.25) is 0 Å². The summed E-state index contributed by atoms with van der Waals surface area (Å²) >= 11 is 7.24. The van der Waals surface area contributed by atoms with Gasteiger partial charge in [0.05, 0.1) is 6.04 Å². The highest BCUT2D eigenvalue weighted by atomic mass is 35.5.